The molecule has 16 atom stereocenters. The fraction of sp³-hybridized carbons (Fsp3) is 0.538. The third-order valence-corrected chi connectivity index (χ3v) is 31.0. The van der Waals surface area contributed by atoms with Gasteiger partial charge in [-0.1, -0.05) is 85.5 Å². The molecular formula is C78H94Cl4N20O12S5. The lowest BCUT2D eigenvalue weighted by molar-refractivity contribution is -0.129. The molecule has 11 N–H and O–H groups in total. The average Bonchev–Trinajstić information content (AvgIpc) is 1.67. The van der Waals surface area contributed by atoms with E-state index in [0.717, 1.165) is 121 Å². The van der Waals surface area contributed by atoms with Gasteiger partial charge in [-0.3, -0.25) is 23.5 Å². The molecule has 8 aliphatic heterocycles. The molecule has 119 heavy (non-hydrogen) atoms. The highest BCUT2D eigenvalue weighted by Gasteiger charge is 2.54. The number of nitrogens with zero attached hydrogens (tertiary/aromatic N) is 15. The van der Waals surface area contributed by atoms with E-state index in [9.17, 15) is 34.0 Å². The summed E-state index contributed by atoms with van der Waals surface area (Å²) in [6.45, 7) is 11.6. The largest absolute Gasteiger partial charge is 0.396 e. The molecule has 11 aromatic rings. The molecule has 1 saturated carbocycles. The fourth-order valence-corrected chi connectivity index (χ4v) is 25.2. The molecule has 0 unspecified atom stereocenters. The van der Waals surface area contributed by atoms with Crippen LogP contribution >= 0.6 is 91.8 Å². The Kier molecular flexibility index (Phi) is 24.6. The predicted molar refractivity (Wildman–Crippen MR) is 448 cm³/mol. The van der Waals surface area contributed by atoms with Gasteiger partial charge >= 0.3 is 0 Å². The monoisotopic (exact) mass is 1800 g/mol. The van der Waals surface area contributed by atoms with Gasteiger partial charge in [-0.05, 0) is 103 Å². The van der Waals surface area contributed by atoms with E-state index in [0.29, 0.717) is 61.9 Å². The second kappa shape index (κ2) is 34.6. The number of benzene rings is 1. The number of fused-ring (bicyclic) bond motifs is 9. The Morgan fingerprint density at radius 2 is 0.891 bits per heavy atom. The van der Waals surface area contributed by atoms with Crippen molar-refractivity contribution in [1.82, 2.24) is 95.6 Å². The minimum absolute atomic E-state index is 0.00532. The van der Waals surface area contributed by atoms with E-state index >= 15 is 0 Å². The number of piperidine rings is 4. The van der Waals surface area contributed by atoms with E-state index < -0.39 is 56.8 Å². The van der Waals surface area contributed by atoms with E-state index in [1.165, 1.54) is 45.3 Å². The number of aliphatic hydroxyl groups is 6. The first kappa shape index (κ1) is 84.8. The summed E-state index contributed by atoms with van der Waals surface area (Å²) >= 11 is 31.1. The highest BCUT2D eigenvalue weighted by molar-refractivity contribution is 7.92. The van der Waals surface area contributed by atoms with Crippen LogP contribution in [-0.4, -0.2) is 183 Å². The maximum absolute atomic E-state index is 12.4. The molecule has 41 heteroatoms. The zero-order valence-corrected chi connectivity index (χ0v) is 72.6. The Morgan fingerprint density at radius 1 is 0.513 bits per heavy atom. The highest BCUT2D eigenvalue weighted by atomic mass is 35.5. The van der Waals surface area contributed by atoms with E-state index in [1.807, 2.05) is 75.1 Å². The molecule has 18 heterocycles. The first-order valence-electron chi connectivity index (χ1n) is 39.8. The molecule has 0 amide bonds. The van der Waals surface area contributed by atoms with Gasteiger partial charge in [-0.25, -0.2) is 22.8 Å². The summed E-state index contributed by atoms with van der Waals surface area (Å²) in [6, 6.07) is 16.8. The van der Waals surface area contributed by atoms with Crippen molar-refractivity contribution in [2.24, 2.45) is 5.41 Å². The van der Waals surface area contributed by atoms with Crippen molar-refractivity contribution in [3.05, 3.63) is 192 Å². The van der Waals surface area contributed by atoms with Crippen LogP contribution in [0, 0.1) is 5.41 Å². The SMILES string of the molecule is C[C@H]1C[C@@]2(C[C@@H](c3cn(CC4(CO)CC4)nn3)N1)OC[C@@H](O)c1cc(Cl)sc12.C[C@H]1C[C@@]2(C[C@@H](c3cn(CCO)nn3)N1)OC[C@@H](O)c1cc(Cl)sc12.C[C@H]1C[C@@]2(C[C@@H](c3cn(CCS(=O)(=O)Nc4ccccc4)nn3)N1)OC[C@@H](O)c1cc(Cl)sc12.C[C@H]1C[C@@]2(C[C@@H](c3cn(Cc4cnc5cnccn45)nn3)N1)OC[C@@H](O)c1cc(Cl)sc12. The van der Waals surface area contributed by atoms with Crippen LogP contribution in [0.4, 0.5) is 5.69 Å². The summed E-state index contributed by atoms with van der Waals surface area (Å²) in [7, 11) is -3.52. The number of para-hydroxylation sites is 1. The number of ether oxygens (including phenoxy) is 4. The smallest absolute Gasteiger partial charge is 0.234 e. The van der Waals surface area contributed by atoms with Crippen LogP contribution in [0.1, 0.15) is 211 Å². The molecule has 4 spiro atoms. The molecule has 20 rings (SSSR count). The van der Waals surface area contributed by atoms with Crippen molar-refractivity contribution in [3.63, 3.8) is 0 Å². The summed E-state index contributed by atoms with van der Waals surface area (Å²) in [5.74, 6) is -0.124. The molecule has 4 saturated heterocycles. The quantitative estimate of drug-likeness (QED) is 0.0428. The lowest BCUT2D eigenvalue weighted by Gasteiger charge is -2.46. The predicted octanol–water partition coefficient (Wildman–Crippen LogP) is 10.4. The molecule has 1 aliphatic carbocycles. The minimum atomic E-state index is -3.52. The number of nitrogens with one attached hydrogen (secondary N) is 5. The maximum Gasteiger partial charge on any atom is 0.234 e. The molecule has 0 bridgehead atoms. The van der Waals surface area contributed by atoms with Gasteiger partial charge in [0.05, 0.1) is 179 Å². The first-order chi connectivity index (χ1) is 57.2. The number of sulfonamides is 1. The number of halogens is 4. The Bertz CT molecular complexity index is 5510. The Labute approximate surface area is 721 Å². The lowest BCUT2D eigenvalue weighted by atomic mass is 9.79. The van der Waals surface area contributed by atoms with Crippen molar-refractivity contribution in [3.8, 4) is 0 Å². The van der Waals surface area contributed by atoms with Gasteiger partial charge in [0.25, 0.3) is 0 Å². The molecule has 0 radical (unpaired) electrons. The molecule has 1 aromatic carbocycles. The van der Waals surface area contributed by atoms with Crippen molar-refractivity contribution in [1.29, 1.82) is 0 Å². The van der Waals surface area contributed by atoms with Crippen molar-refractivity contribution >= 4 is 113 Å². The zero-order valence-electron chi connectivity index (χ0n) is 65.5. The second-order valence-corrected chi connectivity index (χ2v) is 41.5. The van der Waals surface area contributed by atoms with Crippen LogP contribution < -0.4 is 26.0 Å². The van der Waals surface area contributed by atoms with Crippen molar-refractivity contribution in [2.75, 3.05) is 50.1 Å². The number of hydrogen-bond acceptors (Lipinski definition) is 30. The van der Waals surface area contributed by atoms with E-state index in [4.69, 9.17) is 70.5 Å². The number of thiophene rings is 4. The van der Waals surface area contributed by atoms with Crippen LogP contribution in [0.25, 0.3) is 5.65 Å². The summed E-state index contributed by atoms with van der Waals surface area (Å²) in [5, 5.41) is 109. The van der Waals surface area contributed by atoms with Crippen molar-refractivity contribution < 1.29 is 58.0 Å². The third kappa shape index (κ3) is 18.0. The number of aliphatic hydroxyl groups excluding tert-OH is 6. The van der Waals surface area contributed by atoms with E-state index in [2.05, 4.69) is 105 Å². The first-order valence-corrected chi connectivity index (χ1v) is 46.2. The van der Waals surface area contributed by atoms with Crippen LogP contribution in [0.2, 0.25) is 17.3 Å². The zero-order chi connectivity index (χ0) is 82.9. The van der Waals surface area contributed by atoms with Crippen LogP contribution in [0.3, 0.4) is 0 Å². The van der Waals surface area contributed by atoms with Crippen LogP contribution in [-0.2, 0) is 77.6 Å². The van der Waals surface area contributed by atoms with Crippen LogP contribution in [0.15, 0.2) is 104 Å². The number of aryl methyl sites for hydroxylation is 1. The number of aromatic nitrogens is 15. The van der Waals surface area contributed by atoms with Gasteiger partial charge in [0.15, 0.2) is 5.65 Å². The van der Waals surface area contributed by atoms with E-state index in [1.54, 1.807) is 52.2 Å². The standard InChI is InChI=1S/C22H26ClN5O4S2.C21H22ClN7O2S.C19H25ClN4O3S.C16H21ClN4O3S/c1-14-10-22(21-16(9-20(23)33-21)19(29)13-32-22)11-17(24-14)18-12-28(27-25-18)7-8-34(30,31)26-15-5-3-2-4-6-15;1-12-5-21(20-14(4-18(22)32-20)17(30)11-31-21)6-15(25-12)16-10-28(27-26-16)9-13-7-24-19-8-23-2-3-29(13)19;1-11-5-19(17-12(4-16(20)28-17)15(26)8-27-19)6-13(21-11)14-7-24(23-22-14)9-18(10-25)2-3-18;1-9-5-16(15-10(4-14(17)25-15)13(23)8-24-16)6-11(18-9)12-7-21(2-3-22)20-19-12/h2-6,9,12,14,17,19,24,26,29H,7-8,10-11,13H2,1H3;2-4,7-8,10,12,15,17,25,30H,5-6,9,11H2,1H3;4,7,11,13,15,21,25-26H,2-3,5-6,8-10H2,1H3;4,7,9,11,13,18,22-23H,2-3,5-6,8H2,1H3/t14-,17-,19+,22-;12-,15-,17+,21-;11-,13-,15+,19-;9-,11-,13+,16-/m0000/s1. The third-order valence-electron chi connectivity index (χ3n) is 23.8. The molecule has 636 valence electrons. The molecule has 32 nitrogen and oxygen atoms in total. The number of anilines is 1. The number of rotatable bonds is 16. The highest BCUT2D eigenvalue weighted by Crippen LogP contribution is 2.57. The molecule has 10 aromatic heterocycles. The average molecular weight is 1810 g/mol. The molecule has 5 fully saturated rings. The Hall–Kier alpha value is -6.45. The molecule has 9 aliphatic rings. The number of imidazole rings is 1. The fourth-order valence-electron chi connectivity index (χ4n) is 18.3. The Morgan fingerprint density at radius 3 is 1.29 bits per heavy atom. The minimum Gasteiger partial charge on any atom is -0.396 e. The topological polar surface area (TPSA) is 406 Å². The second-order valence-electron chi connectivity index (χ2n) is 33.0. The van der Waals surface area contributed by atoms with Gasteiger partial charge in [-0.2, -0.15) is 0 Å². The van der Waals surface area contributed by atoms with Crippen molar-refractivity contribution in [2.45, 2.75) is 213 Å². The van der Waals surface area contributed by atoms with E-state index in [-0.39, 0.29) is 106 Å². The van der Waals surface area contributed by atoms with Gasteiger partial charge in [-0.15, -0.1) is 65.7 Å². The summed E-state index contributed by atoms with van der Waals surface area (Å²) in [5.41, 5.74) is 7.17. The van der Waals surface area contributed by atoms with Gasteiger partial charge in [0.1, 0.15) is 46.8 Å². The van der Waals surface area contributed by atoms with Gasteiger partial charge in [0.2, 0.25) is 10.0 Å². The lowest BCUT2D eigenvalue weighted by Crippen LogP contribution is -2.50. The van der Waals surface area contributed by atoms with Gasteiger partial charge in [0, 0.05) is 115 Å². The molecular weight excluding hydrogens is 1710 g/mol. The Balaban J connectivity index is 0.000000114. The number of hydrogen-bond donors (Lipinski definition) is 11. The summed E-state index contributed by atoms with van der Waals surface area (Å²) in [4.78, 5) is 12.6. The summed E-state index contributed by atoms with van der Waals surface area (Å²) < 4.78 is 64.0. The van der Waals surface area contributed by atoms with Crippen LogP contribution in [0.5, 0.6) is 0 Å². The maximum atomic E-state index is 12.4. The normalized spacial score (nSPS) is 29.9. The summed E-state index contributed by atoms with van der Waals surface area (Å²) in [6.07, 6.45) is 20.2. The van der Waals surface area contributed by atoms with Gasteiger partial charge < -0.3 is 70.9 Å².